The molecule has 1 aromatic carbocycles. The Morgan fingerprint density at radius 1 is 0.636 bits per heavy atom. The van der Waals surface area contributed by atoms with Crippen LogP contribution in [0.2, 0.25) is 0 Å². The quantitative estimate of drug-likeness (QED) is 0.616. The first kappa shape index (κ1) is 29.8. The molecule has 0 heterocycles. The van der Waals surface area contributed by atoms with E-state index < -0.39 is 0 Å². The van der Waals surface area contributed by atoms with E-state index in [4.69, 9.17) is 0 Å². The van der Waals surface area contributed by atoms with Crippen LogP contribution in [0.25, 0.3) is 0 Å². The smallest absolute Gasteiger partial charge is 0.854 e. The molecule has 0 atom stereocenters. The Hall–Kier alpha value is -0.186. The van der Waals surface area contributed by atoms with Crippen LogP contribution in [0.4, 0.5) is 0 Å². The zero-order valence-electron chi connectivity index (χ0n) is 15.0. The first-order valence-electron chi connectivity index (χ1n) is 7.47. The summed E-state index contributed by atoms with van der Waals surface area (Å²) in [6, 6.07) is 12.5. The molecular weight excluding hydrogens is 312 g/mol. The van der Waals surface area contributed by atoms with E-state index in [9.17, 15) is 15.3 Å². The third kappa shape index (κ3) is 50.3. The molecule has 0 aromatic heterocycles. The largest absolute Gasteiger partial charge is 4.00 e. The average molecular weight is 344 g/mol. The number of hydrogen-bond donors (Lipinski definition) is 0. The van der Waals surface area contributed by atoms with Crippen molar-refractivity contribution in [3.8, 4) is 0 Å². The van der Waals surface area contributed by atoms with Crippen LogP contribution < -0.4 is 15.3 Å². The summed E-state index contributed by atoms with van der Waals surface area (Å²) in [4.78, 5) is 0. The first-order valence-corrected chi connectivity index (χ1v) is 7.47. The van der Waals surface area contributed by atoms with Crippen LogP contribution in [-0.4, -0.2) is 19.8 Å². The van der Waals surface area contributed by atoms with Gasteiger partial charge in [-0.15, -0.1) is 19.8 Å². The molecule has 0 N–H and O–H groups in total. The van der Waals surface area contributed by atoms with Gasteiger partial charge in [-0.1, -0.05) is 59.3 Å². The Morgan fingerprint density at radius 3 is 0.909 bits per heavy atom. The fourth-order valence-corrected chi connectivity index (χ4v) is 0.342. The van der Waals surface area contributed by atoms with Crippen molar-refractivity contribution in [3.05, 3.63) is 36.4 Å². The van der Waals surface area contributed by atoms with Crippen LogP contribution in [0.15, 0.2) is 30.3 Å². The minimum atomic E-state index is 0. The second-order valence-corrected chi connectivity index (χ2v) is 5.76. The molecule has 126 valence electrons. The Kier molecular flexibility index (Phi) is 34.9. The maximum Gasteiger partial charge on any atom is 4.00 e. The summed E-state index contributed by atoms with van der Waals surface area (Å²) >= 11 is 0. The molecule has 3 nitrogen and oxygen atoms in total. The van der Waals surface area contributed by atoms with Crippen molar-refractivity contribution >= 4 is 0 Å². The van der Waals surface area contributed by atoms with E-state index in [1.807, 2.05) is 71.9 Å². The zero-order chi connectivity index (χ0) is 17.1. The van der Waals surface area contributed by atoms with Gasteiger partial charge >= 0.3 is 21.7 Å². The van der Waals surface area contributed by atoms with Gasteiger partial charge < -0.3 is 15.3 Å². The summed E-state index contributed by atoms with van der Waals surface area (Å²) in [6.45, 7) is 11.6. The standard InChI is InChI=1S/C6H5.3C4H9O.Ti/c1-2-4-6-5-3-1;3*1-4(2)3-5;/h1-5H;3*4H,3H2,1-2H3;/q4*-1;+4. The Bertz CT molecular complexity index is 206. The van der Waals surface area contributed by atoms with Crippen molar-refractivity contribution in [2.24, 2.45) is 17.8 Å². The van der Waals surface area contributed by atoms with Crippen LogP contribution in [0.3, 0.4) is 0 Å². The molecule has 0 saturated carbocycles. The summed E-state index contributed by atoms with van der Waals surface area (Å²) in [5.74, 6) is 0.986. The van der Waals surface area contributed by atoms with E-state index in [0.717, 1.165) is 0 Å². The number of rotatable bonds is 3. The molecule has 0 saturated heterocycles. The molecular formula is C18H32O3Ti. The van der Waals surface area contributed by atoms with Crippen LogP contribution in [0.1, 0.15) is 41.5 Å². The average Bonchev–Trinajstić information content (AvgIpc) is 2.50. The van der Waals surface area contributed by atoms with Gasteiger partial charge in [-0.05, 0) is 0 Å². The molecule has 22 heavy (non-hydrogen) atoms. The van der Waals surface area contributed by atoms with Crippen LogP contribution in [0.5, 0.6) is 0 Å². The van der Waals surface area contributed by atoms with Gasteiger partial charge in [0.2, 0.25) is 0 Å². The summed E-state index contributed by atoms with van der Waals surface area (Å²) in [5, 5.41) is 28.9. The van der Waals surface area contributed by atoms with E-state index >= 15 is 0 Å². The van der Waals surface area contributed by atoms with E-state index in [-0.39, 0.29) is 41.5 Å². The molecule has 0 aliphatic heterocycles. The van der Waals surface area contributed by atoms with Gasteiger partial charge in [0, 0.05) is 0 Å². The summed E-state index contributed by atoms with van der Waals surface area (Å²) in [5.41, 5.74) is 0. The van der Waals surface area contributed by atoms with Gasteiger partial charge in [-0.3, -0.25) is 0 Å². The van der Waals surface area contributed by atoms with Gasteiger partial charge in [-0.25, -0.2) is 0 Å². The fraction of sp³-hybridized carbons (Fsp3) is 0.667. The Balaban J connectivity index is -0.0000000973. The predicted octanol–water partition coefficient (Wildman–Crippen LogP) is 1.49. The fourth-order valence-electron chi connectivity index (χ4n) is 0.342. The number of hydrogen-bond acceptors (Lipinski definition) is 3. The summed E-state index contributed by atoms with van der Waals surface area (Å²) in [6.07, 6.45) is 0. The maximum atomic E-state index is 9.63. The predicted molar refractivity (Wildman–Crippen MR) is 84.4 cm³/mol. The molecule has 0 aliphatic rings. The third-order valence-corrected chi connectivity index (χ3v) is 1.61. The molecule has 0 radical (unpaired) electrons. The van der Waals surface area contributed by atoms with Crippen LogP contribution in [0, 0.1) is 23.8 Å². The molecule has 0 bridgehead atoms. The number of benzene rings is 1. The van der Waals surface area contributed by atoms with Gasteiger partial charge in [0.25, 0.3) is 0 Å². The summed E-state index contributed by atoms with van der Waals surface area (Å²) < 4.78 is 0. The van der Waals surface area contributed by atoms with Gasteiger partial charge in [0.05, 0.1) is 0 Å². The first-order chi connectivity index (χ1) is 9.81. The van der Waals surface area contributed by atoms with E-state index in [1.54, 1.807) is 0 Å². The molecule has 1 aromatic rings. The van der Waals surface area contributed by atoms with E-state index in [1.165, 1.54) is 0 Å². The SMILES string of the molecule is CC(C)C[O-].CC(C)C[O-].CC(C)C[O-].[Ti+4].[c-]1ccccc1. The topological polar surface area (TPSA) is 69.2 Å². The van der Waals surface area contributed by atoms with Crippen molar-refractivity contribution in [1.82, 2.24) is 0 Å². The minimum absolute atomic E-state index is 0. The zero-order valence-corrected chi connectivity index (χ0v) is 16.5. The summed E-state index contributed by atoms with van der Waals surface area (Å²) in [7, 11) is 0. The Labute approximate surface area is 152 Å². The van der Waals surface area contributed by atoms with Gasteiger partial charge in [0.1, 0.15) is 0 Å². The minimum Gasteiger partial charge on any atom is -0.854 e. The van der Waals surface area contributed by atoms with Crippen molar-refractivity contribution in [1.29, 1.82) is 0 Å². The van der Waals surface area contributed by atoms with E-state index in [0.29, 0.717) is 17.8 Å². The van der Waals surface area contributed by atoms with E-state index in [2.05, 4.69) is 6.07 Å². The second-order valence-electron chi connectivity index (χ2n) is 5.76. The monoisotopic (exact) mass is 344 g/mol. The molecule has 1 rings (SSSR count). The normalized spacial score (nSPS) is 8.73. The van der Waals surface area contributed by atoms with Gasteiger partial charge in [-0.2, -0.15) is 36.4 Å². The maximum absolute atomic E-state index is 9.63. The Morgan fingerprint density at radius 2 is 0.864 bits per heavy atom. The molecule has 0 fully saturated rings. The molecule has 0 spiro atoms. The van der Waals surface area contributed by atoms with Gasteiger partial charge in [0.15, 0.2) is 0 Å². The van der Waals surface area contributed by atoms with Crippen LogP contribution in [-0.2, 0) is 21.7 Å². The van der Waals surface area contributed by atoms with Crippen LogP contribution >= 0.6 is 0 Å². The molecule has 4 heteroatoms. The van der Waals surface area contributed by atoms with Crippen molar-refractivity contribution in [2.75, 3.05) is 19.8 Å². The molecule has 0 aliphatic carbocycles. The van der Waals surface area contributed by atoms with Crippen molar-refractivity contribution < 1.29 is 37.0 Å². The molecule has 0 unspecified atom stereocenters. The second kappa shape index (κ2) is 25.8. The molecule has 0 amide bonds. The van der Waals surface area contributed by atoms with Crippen molar-refractivity contribution in [3.63, 3.8) is 0 Å². The van der Waals surface area contributed by atoms with Crippen molar-refractivity contribution in [2.45, 2.75) is 41.5 Å². The third-order valence-electron chi connectivity index (χ3n) is 1.61.